The van der Waals surface area contributed by atoms with E-state index in [2.05, 4.69) is 15.8 Å². The fourth-order valence-electron chi connectivity index (χ4n) is 1.84. The van der Waals surface area contributed by atoms with Gasteiger partial charge >= 0.3 is 11.8 Å². The molecule has 2 amide bonds. The van der Waals surface area contributed by atoms with Crippen LogP contribution in [0.3, 0.4) is 0 Å². The minimum Gasteiger partial charge on any atom is -0.378 e. The summed E-state index contributed by atoms with van der Waals surface area (Å²) < 4.78 is 13.0. The molecule has 0 fully saturated rings. The Morgan fingerprint density at radius 1 is 1.12 bits per heavy atom. The van der Waals surface area contributed by atoms with E-state index in [4.69, 9.17) is 11.6 Å². The third-order valence-electron chi connectivity index (χ3n) is 3.17. The van der Waals surface area contributed by atoms with Gasteiger partial charge in [0.25, 0.3) is 0 Å². The van der Waals surface area contributed by atoms with Crippen LogP contribution in [0.2, 0.25) is 5.02 Å². The zero-order valence-electron chi connectivity index (χ0n) is 13.6. The molecule has 0 aromatic heterocycles. The summed E-state index contributed by atoms with van der Waals surface area (Å²) in [7, 11) is 3.85. The lowest BCUT2D eigenvalue weighted by molar-refractivity contribution is -0.136. The number of hydrogen-bond donors (Lipinski definition) is 2. The molecule has 0 saturated heterocycles. The van der Waals surface area contributed by atoms with Crippen LogP contribution in [0.25, 0.3) is 0 Å². The Morgan fingerprint density at radius 2 is 1.80 bits per heavy atom. The molecule has 0 atom stereocenters. The zero-order chi connectivity index (χ0) is 18.4. The van der Waals surface area contributed by atoms with Gasteiger partial charge in [-0.25, -0.2) is 9.82 Å². The van der Waals surface area contributed by atoms with Gasteiger partial charge in [0.05, 0.1) is 11.2 Å². The number of carbonyl (C=O) groups excluding carboxylic acids is 2. The van der Waals surface area contributed by atoms with Gasteiger partial charge in [0.2, 0.25) is 0 Å². The van der Waals surface area contributed by atoms with Crippen LogP contribution >= 0.6 is 11.6 Å². The van der Waals surface area contributed by atoms with E-state index in [1.165, 1.54) is 18.3 Å². The Labute approximate surface area is 149 Å². The molecule has 8 heteroatoms. The molecule has 0 saturated carbocycles. The first-order valence-electron chi connectivity index (χ1n) is 7.23. The second kappa shape index (κ2) is 8.25. The predicted molar refractivity (Wildman–Crippen MR) is 96.5 cm³/mol. The van der Waals surface area contributed by atoms with Crippen molar-refractivity contribution >= 4 is 41.0 Å². The van der Waals surface area contributed by atoms with Crippen LogP contribution in [0.15, 0.2) is 47.6 Å². The molecule has 0 aliphatic heterocycles. The number of rotatable bonds is 4. The standard InChI is InChI=1S/C17H16ClFN4O2/c1-23(2)13-6-3-11(4-7-13)10-20-22-17(25)16(24)21-12-5-8-15(19)14(18)9-12/h3-10H,1-2H3,(H,21,24)(H,22,25)/b20-10+. The molecule has 2 aromatic rings. The average molecular weight is 363 g/mol. The SMILES string of the molecule is CN(C)c1ccc(/C=N/NC(=O)C(=O)Nc2ccc(F)c(Cl)c2)cc1. The highest BCUT2D eigenvalue weighted by Gasteiger charge is 2.13. The second-order valence-corrected chi connectivity index (χ2v) is 5.68. The molecule has 130 valence electrons. The predicted octanol–water partition coefficient (Wildman–Crippen LogP) is 2.63. The van der Waals surface area contributed by atoms with Gasteiger partial charge in [-0.05, 0) is 35.9 Å². The third-order valence-corrected chi connectivity index (χ3v) is 3.46. The number of carbonyl (C=O) groups is 2. The molecule has 0 aliphatic rings. The molecule has 25 heavy (non-hydrogen) atoms. The van der Waals surface area contributed by atoms with Crippen LogP contribution in [0.5, 0.6) is 0 Å². The van der Waals surface area contributed by atoms with Crippen molar-refractivity contribution in [2.24, 2.45) is 5.10 Å². The smallest absolute Gasteiger partial charge is 0.329 e. The Hall–Kier alpha value is -2.93. The molecule has 0 aliphatic carbocycles. The molecular formula is C17H16ClFN4O2. The van der Waals surface area contributed by atoms with Gasteiger partial charge in [0, 0.05) is 25.5 Å². The van der Waals surface area contributed by atoms with Gasteiger partial charge in [-0.15, -0.1) is 0 Å². The van der Waals surface area contributed by atoms with Gasteiger partial charge in [-0.2, -0.15) is 5.10 Å². The fourth-order valence-corrected chi connectivity index (χ4v) is 2.02. The molecule has 0 unspecified atom stereocenters. The summed E-state index contributed by atoms with van der Waals surface area (Å²) in [5, 5.41) is 5.87. The summed E-state index contributed by atoms with van der Waals surface area (Å²) in [6.07, 6.45) is 1.42. The Bertz CT molecular complexity index is 807. The molecule has 0 radical (unpaired) electrons. The second-order valence-electron chi connectivity index (χ2n) is 5.27. The largest absolute Gasteiger partial charge is 0.378 e. The van der Waals surface area contributed by atoms with Gasteiger partial charge in [-0.1, -0.05) is 23.7 Å². The Balaban J connectivity index is 1.90. The highest BCUT2D eigenvalue weighted by Crippen LogP contribution is 2.19. The minimum absolute atomic E-state index is 0.155. The Kier molecular flexibility index (Phi) is 6.08. The maximum Gasteiger partial charge on any atom is 0.329 e. The average Bonchev–Trinajstić information content (AvgIpc) is 2.58. The third kappa shape index (κ3) is 5.29. The van der Waals surface area contributed by atoms with Crippen molar-refractivity contribution in [3.63, 3.8) is 0 Å². The highest BCUT2D eigenvalue weighted by molar-refractivity contribution is 6.39. The van der Waals surface area contributed by atoms with Crippen LogP contribution in [0, 0.1) is 5.82 Å². The first-order chi connectivity index (χ1) is 11.9. The number of anilines is 2. The number of benzene rings is 2. The first kappa shape index (κ1) is 18.4. The quantitative estimate of drug-likeness (QED) is 0.499. The van der Waals surface area contributed by atoms with Crippen LogP contribution < -0.4 is 15.6 Å². The van der Waals surface area contributed by atoms with Crippen molar-refractivity contribution < 1.29 is 14.0 Å². The highest BCUT2D eigenvalue weighted by atomic mass is 35.5. The summed E-state index contributed by atoms with van der Waals surface area (Å²) in [5.41, 5.74) is 4.11. The number of amides is 2. The molecule has 2 aromatic carbocycles. The summed E-state index contributed by atoms with van der Waals surface area (Å²) in [5.74, 6) is -2.52. The molecule has 0 bridgehead atoms. The van der Waals surface area contributed by atoms with E-state index in [0.717, 1.165) is 17.3 Å². The van der Waals surface area contributed by atoms with E-state index in [1.54, 1.807) is 0 Å². The molecule has 0 heterocycles. The Morgan fingerprint density at radius 3 is 2.40 bits per heavy atom. The van der Waals surface area contributed by atoms with Crippen molar-refractivity contribution in [3.8, 4) is 0 Å². The molecular weight excluding hydrogens is 347 g/mol. The summed E-state index contributed by atoms with van der Waals surface area (Å²) in [6, 6.07) is 11.0. The van der Waals surface area contributed by atoms with E-state index >= 15 is 0 Å². The lowest BCUT2D eigenvalue weighted by atomic mass is 10.2. The van der Waals surface area contributed by atoms with Crippen molar-refractivity contribution in [3.05, 3.63) is 58.9 Å². The summed E-state index contributed by atoms with van der Waals surface area (Å²) >= 11 is 5.61. The monoisotopic (exact) mass is 362 g/mol. The molecule has 0 spiro atoms. The lowest BCUT2D eigenvalue weighted by Crippen LogP contribution is -2.32. The van der Waals surface area contributed by atoms with Crippen molar-refractivity contribution in [1.82, 2.24) is 5.43 Å². The van der Waals surface area contributed by atoms with E-state index in [9.17, 15) is 14.0 Å². The van der Waals surface area contributed by atoms with Crippen LogP contribution in [-0.4, -0.2) is 32.1 Å². The molecule has 2 N–H and O–H groups in total. The van der Waals surface area contributed by atoms with Gasteiger partial charge in [0.1, 0.15) is 5.82 Å². The van der Waals surface area contributed by atoms with Crippen LogP contribution in [-0.2, 0) is 9.59 Å². The zero-order valence-corrected chi connectivity index (χ0v) is 14.3. The van der Waals surface area contributed by atoms with Gasteiger partial charge < -0.3 is 10.2 Å². The number of hydrazone groups is 1. The topological polar surface area (TPSA) is 73.8 Å². The first-order valence-corrected chi connectivity index (χ1v) is 7.61. The number of hydrogen-bond acceptors (Lipinski definition) is 4. The van der Waals surface area contributed by atoms with E-state index in [0.29, 0.717) is 0 Å². The number of nitrogens with zero attached hydrogens (tertiary/aromatic N) is 2. The normalized spacial score (nSPS) is 10.6. The summed E-state index contributed by atoms with van der Waals surface area (Å²) in [4.78, 5) is 25.4. The lowest BCUT2D eigenvalue weighted by Gasteiger charge is -2.11. The fraction of sp³-hybridized carbons (Fsp3) is 0.118. The van der Waals surface area contributed by atoms with Gasteiger partial charge in [0.15, 0.2) is 0 Å². The molecule has 6 nitrogen and oxygen atoms in total. The molecule has 2 rings (SSSR count). The van der Waals surface area contributed by atoms with Crippen LogP contribution in [0.1, 0.15) is 5.56 Å². The van der Waals surface area contributed by atoms with Crippen LogP contribution in [0.4, 0.5) is 15.8 Å². The van der Waals surface area contributed by atoms with Crippen molar-refractivity contribution in [1.29, 1.82) is 0 Å². The van der Waals surface area contributed by atoms with E-state index in [-0.39, 0.29) is 10.7 Å². The van der Waals surface area contributed by atoms with E-state index in [1.807, 2.05) is 43.3 Å². The van der Waals surface area contributed by atoms with Crippen molar-refractivity contribution in [2.45, 2.75) is 0 Å². The maximum absolute atomic E-state index is 13.0. The number of halogens is 2. The van der Waals surface area contributed by atoms with Crippen molar-refractivity contribution in [2.75, 3.05) is 24.3 Å². The maximum atomic E-state index is 13.0. The number of nitrogens with one attached hydrogen (secondary N) is 2. The van der Waals surface area contributed by atoms with E-state index < -0.39 is 17.6 Å². The minimum atomic E-state index is -0.957. The van der Waals surface area contributed by atoms with Gasteiger partial charge in [-0.3, -0.25) is 9.59 Å². The summed E-state index contributed by atoms with van der Waals surface area (Å²) in [6.45, 7) is 0.